The molecule has 0 spiro atoms. The van der Waals surface area contributed by atoms with Crippen LogP contribution in [0.25, 0.3) is 11.5 Å². The molecule has 0 saturated heterocycles. The highest BCUT2D eigenvalue weighted by Crippen LogP contribution is 2.22. The summed E-state index contributed by atoms with van der Waals surface area (Å²) in [7, 11) is 0. The normalized spacial score (nSPS) is 13.4. The van der Waals surface area contributed by atoms with Gasteiger partial charge in [0.1, 0.15) is 17.1 Å². The molecular weight excluding hydrogens is 322 g/mol. The fraction of sp³-hybridized carbons (Fsp3) is 0.278. The molecule has 2 aromatic heterocycles. The zero-order chi connectivity index (χ0) is 18.0. The minimum atomic E-state index is -1.29. The van der Waals surface area contributed by atoms with Gasteiger partial charge in [-0.15, -0.1) is 0 Å². The predicted molar refractivity (Wildman–Crippen MR) is 89.8 cm³/mol. The third-order valence-electron chi connectivity index (χ3n) is 3.79. The fourth-order valence-electron chi connectivity index (χ4n) is 2.34. The summed E-state index contributed by atoms with van der Waals surface area (Å²) in [5.74, 6) is 1.77. The van der Waals surface area contributed by atoms with Crippen LogP contribution in [0, 0.1) is 13.8 Å². The Balaban J connectivity index is 1.65. The van der Waals surface area contributed by atoms with Crippen molar-refractivity contribution < 1.29 is 18.8 Å². The molecule has 3 rings (SSSR count). The van der Waals surface area contributed by atoms with Crippen LogP contribution in [-0.2, 0) is 5.60 Å². The van der Waals surface area contributed by atoms with Crippen molar-refractivity contribution in [3.63, 3.8) is 0 Å². The number of rotatable bonds is 5. The predicted octanol–water partition coefficient (Wildman–Crippen LogP) is 2.58. The van der Waals surface area contributed by atoms with Gasteiger partial charge in [-0.2, -0.15) is 4.98 Å². The smallest absolute Gasteiger partial charge is 0.257 e. The number of aryl methyl sites for hydroxylation is 2. The van der Waals surface area contributed by atoms with Crippen LogP contribution < -0.4 is 5.32 Å². The zero-order valence-electron chi connectivity index (χ0n) is 14.2. The van der Waals surface area contributed by atoms with Crippen molar-refractivity contribution in [1.82, 2.24) is 15.5 Å². The summed E-state index contributed by atoms with van der Waals surface area (Å²) in [5.41, 5.74) is -0.0906. The summed E-state index contributed by atoms with van der Waals surface area (Å²) >= 11 is 0. The summed E-state index contributed by atoms with van der Waals surface area (Å²) in [6.07, 6.45) is 0. The van der Waals surface area contributed by atoms with Gasteiger partial charge in [-0.05, 0) is 57.2 Å². The van der Waals surface area contributed by atoms with Crippen LogP contribution in [0.2, 0.25) is 0 Å². The third-order valence-corrected chi connectivity index (χ3v) is 3.79. The Morgan fingerprint density at radius 2 is 1.92 bits per heavy atom. The first-order valence-electron chi connectivity index (χ1n) is 7.83. The van der Waals surface area contributed by atoms with Crippen molar-refractivity contribution in [2.24, 2.45) is 0 Å². The molecule has 1 aromatic carbocycles. The number of carbonyl (C=O) groups is 1. The van der Waals surface area contributed by atoms with E-state index in [0.717, 1.165) is 5.56 Å². The van der Waals surface area contributed by atoms with E-state index in [0.29, 0.717) is 28.8 Å². The van der Waals surface area contributed by atoms with E-state index in [1.165, 1.54) is 0 Å². The molecule has 0 fully saturated rings. The van der Waals surface area contributed by atoms with Crippen molar-refractivity contribution in [2.45, 2.75) is 26.4 Å². The summed E-state index contributed by atoms with van der Waals surface area (Å²) in [5, 5.41) is 16.9. The van der Waals surface area contributed by atoms with Crippen molar-refractivity contribution in [3.8, 4) is 11.5 Å². The first-order chi connectivity index (χ1) is 11.8. The molecule has 1 unspecified atom stereocenters. The number of aliphatic hydroxyl groups is 1. The number of furan rings is 1. The van der Waals surface area contributed by atoms with E-state index in [9.17, 15) is 9.90 Å². The summed E-state index contributed by atoms with van der Waals surface area (Å²) in [6, 6.07) is 10.3. The van der Waals surface area contributed by atoms with Gasteiger partial charge in [-0.25, -0.2) is 0 Å². The second kappa shape index (κ2) is 6.52. The van der Waals surface area contributed by atoms with Gasteiger partial charge in [0.15, 0.2) is 5.82 Å². The summed E-state index contributed by atoms with van der Waals surface area (Å²) in [4.78, 5) is 16.4. The number of aromatic nitrogens is 2. The second-order valence-electron chi connectivity index (χ2n) is 6.09. The number of carbonyl (C=O) groups excluding carboxylic acids is 1. The van der Waals surface area contributed by atoms with Crippen LogP contribution in [0.15, 0.2) is 45.3 Å². The molecule has 25 heavy (non-hydrogen) atoms. The van der Waals surface area contributed by atoms with E-state index in [2.05, 4.69) is 15.5 Å². The minimum absolute atomic E-state index is 0.0311. The topological polar surface area (TPSA) is 101 Å². The van der Waals surface area contributed by atoms with Crippen LogP contribution in [0.3, 0.4) is 0 Å². The van der Waals surface area contributed by atoms with Gasteiger partial charge in [0.2, 0.25) is 0 Å². The number of hydrogen-bond donors (Lipinski definition) is 2. The third kappa shape index (κ3) is 3.77. The molecule has 7 heteroatoms. The fourth-order valence-corrected chi connectivity index (χ4v) is 2.34. The van der Waals surface area contributed by atoms with E-state index in [1.54, 1.807) is 57.2 Å². The lowest BCUT2D eigenvalue weighted by molar-refractivity contribution is 0.0323. The average molecular weight is 341 g/mol. The SMILES string of the molecule is Cc1noc(-c2ccc(C(=O)NCC(C)(O)c3ccc(C)o3)cc2)n1. The summed E-state index contributed by atoms with van der Waals surface area (Å²) < 4.78 is 10.5. The molecule has 0 aliphatic rings. The van der Waals surface area contributed by atoms with Gasteiger partial charge in [0.25, 0.3) is 11.8 Å². The molecule has 1 atom stereocenters. The van der Waals surface area contributed by atoms with Gasteiger partial charge in [0, 0.05) is 11.1 Å². The molecule has 0 saturated carbocycles. The highest BCUT2D eigenvalue weighted by molar-refractivity contribution is 5.94. The van der Waals surface area contributed by atoms with Crippen molar-refractivity contribution in [2.75, 3.05) is 6.54 Å². The molecule has 7 nitrogen and oxygen atoms in total. The van der Waals surface area contributed by atoms with Crippen molar-refractivity contribution in [3.05, 3.63) is 59.3 Å². The van der Waals surface area contributed by atoms with Gasteiger partial charge < -0.3 is 19.4 Å². The lowest BCUT2D eigenvalue weighted by atomic mass is 10.0. The van der Waals surface area contributed by atoms with Gasteiger partial charge in [-0.3, -0.25) is 4.79 Å². The highest BCUT2D eigenvalue weighted by atomic mass is 16.5. The maximum Gasteiger partial charge on any atom is 0.257 e. The molecular formula is C18H19N3O4. The zero-order valence-corrected chi connectivity index (χ0v) is 14.2. The van der Waals surface area contributed by atoms with Crippen LogP contribution in [0.1, 0.15) is 34.6 Å². The molecule has 0 bridgehead atoms. The Kier molecular flexibility index (Phi) is 4.41. The Bertz CT molecular complexity index is 878. The molecule has 0 aliphatic heterocycles. The molecule has 3 aromatic rings. The van der Waals surface area contributed by atoms with Crippen LogP contribution in [-0.4, -0.2) is 27.7 Å². The Morgan fingerprint density at radius 1 is 1.20 bits per heavy atom. The minimum Gasteiger partial charge on any atom is -0.463 e. The largest absolute Gasteiger partial charge is 0.463 e. The van der Waals surface area contributed by atoms with E-state index in [1.807, 2.05) is 0 Å². The Hall–Kier alpha value is -2.93. The Morgan fingerprint density at radius 3 is 2.48 bits per heavy atom. The van der Waals surface area contributed by atoms with Crippen molar-refractivity contribution in [1.29, 1.82) is 0 Å². The number of benzene rings is 1. The number of hydrogen-bond acceptors (Lipinski definition) is 6. The van der Waals surface area contributed by atoms with E-state index in [4.69, 9.17) is 8.94 Å². The average Bonchev–Trinajstić information content (AvgIpc) is 3.22. The molecule has 130 valence electrons. The molecule has 0 aliphatic carbocycles. The van der Waals surface area contributed by atoms with Gasteiger partial charge >= 0.3 is 0 Å². The maximum absolute atomic E-state index is 12.3. The van der Waals surface area contributed by atoms with Crippen molar-refractivity contribution >= 4 is 5.91 Å². The van der Waals surface area contributed by atoms with Gasteiger partial charge in [0.05, 0.1) is 6.54 Å². The highest BCUT2D eigenvalue weighted by Gasteiger charge is 2.27. The first kappa shape index (κ1) is 16.9. The summed E-state index contributed by atoms with van der Waals surface area (Å²) in [6.45, 7) is 5.15. The van der Waals surface area contributed by atoms with Crippen LogP contribution >= 0.6 is 0 Å². The Labute approximate surface area is 144 Å². The van der Waals surface area contributed by atoms with Gasteiger partial charge in [-0.1, -0.05) is 5.16 Å². The molecule has 2 N–H and O–H groups in total. The lowest BCUT2D eigenvalue weighted by Gasteiger charge is -2.21. The number of nitrogens with zero attached hydrogens (tertiary/aromatic N) is 2. The molecule has 1 amide bonds. The molecule has 0 radical (unpaired) electrons. The number of nitrogens with one attached hydrogen (secondary N) is 1. The molecule has 2 heterocycles. The van der Waals surface area contributed by atoms with E-state index >= 15 is 0 Å². The maximum atomic E-state index is 12.3. The van der Waals surface area contributed by atoms with E-state index in [-0.39, 0.29) is 12.5 Å². The first-order valence-corrected chi connectivity index (χ1v) is 7.83. The quantitative estimate of drug-likeness (QED) is 0.739. The number of amides is 1. The monoisotopic (exact) mass is 341 g/mol. The van der Waals surface area contributed by atoms with E-state index < -0.39 is 5.60 Å². The lowest BCUT2D eigenvalue weighted by Crippen LogP contribution is -2.38. The van der Waals surface area contributed by atoms with Crippen LogP contribution in [0.4, 0.5) is 0 Å². The second-order valence-corrected chi connectivity index (χ2v) is 6.09. The van der Waals surface area contributed by atoms with Crippen LogP contribution in [0.5, 0.6) is 0 Å². The standard InChI is InChI=1S/C18H19N3O4/c1-11-4-9-15(24-11)18(3,23)10-19-16(22)13-5-7-14(8-6-13)17-20-12(2)21-25-17/h4-9,23H,10H2,1-3H3,(H,19,22).